The Morgan fingerprint density at radius 2 is 2.13 bits per heavy atom. The first-order valence-electron chi connectivity index (χ1n) is 7.43. The van der Waals surface area contributed by atoms with Gasteiger partial charge in [-0.05, 0) is 48.4 Å². The van der Waals surface area contributed by atoms with Crippen molar-refractivity contribution in [3.05, 3.63) is 36.2 Å². The van der Waals surface area contributed by atoms with Crippen molar-refractivity contribution in [3.63, 3.8) is 0 Å². The van der Waals surface area contributed by atoms with Gasteiger partial charge < -0.3 is 10.0 Å². The number of hydrogen-bond acceptors (Lipinski definition) is 5. The number of tetrazole rings is 1. The monoisotopic (exact) mass is 315 g/mol. The Balaban J connectivity index is 1.84. The van der Waals surface area contributed by atoms with Gasteiger partial charge in [-0.25, -0.2) is 4.68 Å². The van der Waals surface area contributed by atoms with Gasteiger partial charge in [0.05, 0.1) is 11.6 Å². The van der Waals surface area contributed by atoms with E-state index in [0.29, 0.717) is 24.1 Å². The summed E-state index contributed by atoms with van der Waals surface area (Å²) < 4.78 is 1.47. The number of benzene rings is 1. The number of carboxylic acids is 1. The quantitative estimate of drug-likeness (QED) is 0.906. The molecule has 1 aliphatic heterocycles. The molecule has 0 aliphatic carbocycles. The van der Waals surface area contributed by atoms with Crippen LogP contribution in [0, 0.1) is 5.92 Å². The lowest BCUT2D eigenvalue weighted by atomic mass is 9.93. The summed E-state index contributed by atoms with van der Waals surface area (Å²) in [6.07, 6.45) is 2.74. The van der Waals surface area contributed by atoms with Crippen molar-refractivity contribution in [2.24, 2.45) is 5.92 Å². The third-order valence-corrected chi connectivity index (χ3v) is 4.20. The summed E-state index contributed by atoms with van der Waals surface area (Å²) in [5.74, 6) is -1.52. The molecule has 3 rings (SSSR count). The SMILES string of the molecule is CC1CCC(C(=O)O)CN1C(=O)c1cccc(-n2cnnn2)c1. The topological polar surface area (TPSA) is 101 Å². The van der Waals surface area contributed by atoms with Crippen LogP contribution in [0.1, 0.15) is 30.1 Å². The van der Waals surface area contributed by atoms with E-state index < -0.39 is 11.9 Å². The minimum atomic E-state index is -0.850. The van der Waals surface area contributed by atoms with Crippen molar-refractivity contribution in [2.45, 2.75) is 25.8 Å². The van der Waals surface area contributed by atoms with E-state index in [1.165, 1.54) is 11.0 Å². The van der Waals surface area contributed by atoms with Crippen molar-refractivity contribution in [3.8, 4) is 5.69 Å². The average Bonchev–Trinajstić information content (AvgIpc) is 3.09. The average molecular weight is 315 g/mol. The number of carbonyl (C=O) groups excluding carboxylic acids is 1. The molecule has 23 heavy (non-hydrogen) atoms. The van der Waals surface area contributed by atoms with Gasteiger partial charge in [0.1, 0.15) is 6.33 Å². The van der Waals surface area contributed by atoms with Crippen LogP contribution in [0.15, 0.2) is 30.6 Å². The van der Waals surface area contributed by atoms with Crippen LogP contribution in [-0.4, -0.2) is 54.7 Å². The highest BCUT2D eigenvalue weighted by Gasteiger charge is 2.33. The van der Waals surface area contributed by atoms with Crippen LogP contribution >= 0.6 is 0 Å². The normalized spacial score (nSPS) is 21.2. The number of hydrogen-bond donors (Lipinski definition) is 1. The molecular weight excluding hydrogens is 298 g/mol. The fraction of sp³-hybridized carbons (Fsp3) is 0.400. The fourth-order valence-electron chi connectivity index (χ4n) is 2.82. The number of aliphatic carboxylic acids is 1. The van der Waals surface area contributed by atoms with E-state index in [-0.39, 0.29) is 18.5 Å². The number of aromatic nitrogens is 4. The van der Waals surface area contributed by atoms with E-state index >= 15 is 0 Å². The van der Waals surface area contributed by atoms with E-state index in [0.717, 1.165) is 0 Å². The van der Waals surface area contributed by atoms with Gasteiger partial charge in [-0.2, -0.15) is 0 Å². The highest BCUT2D eigenvalue weighted by molar-refractivity contribution is 5.95. The van der Waals surface area contributed by atoms with Crippen molar-refractivity contribution >= 4 is 11.9 Å². The van der Waals surface area contributed by atoms with Gasteiger partial charge in [0.25, 0.3) is 5.91 Å². The number of likely N-dealkylation sites (tertiary alicyclic amines) is 1. The lowest BCUT2D eigenvalue weighted by Crippen LogP contribution is -2.47. The second-order valence-electron chi connectivity index (χ2n) is 5.72. The van der Waals surface area contributed by atoms with E-state index in [4.69, 9.17) is 0 Å². The second-order valence-corrected chi connectivity index (χ2v) is 5.72. The molecule has 2 unspecified atom stereocenters. The van der Waals surface area contributed by atoms with Crippen molar-refractivity contribution in [1.29, 1.82) is 0 Å². The molecule has 1 fully saturated rings. The van der Waals surface area contributed by atoms with Gasteiger partial charge in [-0.15, -0.1) is 5.10 Å². The molecule has 1 aliphatic rings. The van der Waals surface area contributed by atoms with Crippen LogP contribution in [0.3, 0.4) is 0 Å². The summed E-state index contributed by atoms with van der Waals surface area (Å²) in [7, 11) is 0. The van der Waals surface area contributed by atoms with Crippen molar-refractivity contribution < 1.29 is 14.7 Å². The molecule has 0 spiro atoms. The highest BCUT2D eigenvalue weighted by Crippen LogP contribution is 2.24. The molecule has 1 saturated heterocycles. The third kappa shape index (κ3) is 3.05. The zero-order valence-electron chi connectivity index (χ0n) is 12.7. The van der Waals surface area contributed by atoms with Crippen LogP contribution in [-0.2, 0) is 4.79 Å². The second kappa shape index (κ2) is 6.15. The van der Waals surface area contributed by atoms with Gasteiger partial charge in [-0.1, -0.05) is 6.07 Å². The predicted octanol–water partition coefficient (Wildman–Crippen LogP) is 0.988. The van der Waals surface area contributed by atoms with E-state index in [2.05, 4.69) is 15.5 Å². The Labute approximate surface area is 132 Å². The summed E-state index contributed by atoms with van der Waals surface area (Å²) in [4.78, 5) is 25.6. The molecule has 1 aromatic heterocycles. The summed E-state index contributed by atoms with van der Waals surface area (Å²) in [6.45, 7) is 2.19. The molecule has 8 nitrogen and oxygen atoms in total. The molecule has 2 atom stereocenters. The molecular formula is C15H17N5O3. The van der Waals surface area contributed by atoms with Gasteiger partial charge in [-0.3, -0.25) is 9.59 Å². The summed E-state index contributed by atoms with van der Waals surface area (Å²) >= 11 is 0. The lowest BCUT2D eigenvalue weighted by molar-refractivity contribution is -0.143. The first-order valence-corrected chi connectivity index (χ1v) is 7.43. The van der Waals surface area contributed by atoms with E-state index in [1.54, 1.807) is 29.2 Å². The maximum Gasteiger partial charge on any atom is 0.308 e. The molecule has 0 saturated carbocycles. The van der Waals surface area contributed by atoms with E-state index in [9.17, 15) is 14.7 Å². The van der Waals surface area contributed by atoms with Crippen LogP contribution in [0.2, 0.25) is 0 Å². The predicted molar refractivity (Wildman–Crippen MR) is 80.0 cm³/mol. The van der Waals surface area contributed by atoms with Gasteiger partial charge >= 0.3 is 5.97 Å². The molecule has 2 aromatic rings. The standard InChI is InChI=1S/C15H17N5O3/c1-10-5-6-12(15(22)23)8-19(10)14(21)11-3-2-4-13(7-11)20-9-16-17-18-20/h2-4,7,9-10,12H,5-6,8H2,1H3,(H,22,23). The van der Waals surface area contributed by atoms with Crippen molar-refractivity contribution in [2.75, 3.05) is 6.54 Å². The Morgan fingerprint density at radius 1 is 1.30 bits per heavy atom. The number of amides is 1. The number of rotatable bonds is 3. The molecule has 0 radical (unpaired) electrons. The van der Waals surface area contributed by atoms with Crippen LogP contribution in [0.4, 0.5) is 0 Å². The minimum absolute atomic E-state index is 0.0230. The van der Waals surface area contributed by atoms with Gasteiger partial charge in [0, 0.05) is 18.2 Å². The molecule has 0 bridgehead atoms. The number of piperidine rings is 1. The number of nitrogens with zero attached hydrogens (tertiary/aromatic N) is 5. The zero-order chi connectivity index (χ0) is 16.4. The lowest BCUT2D eigenvalue weighted by Gasteiger charge is -2.36. The Morgan fingerprint density at radius 3 is 2.83 bits per heavy atom. The maximum atomic E-state index is 12.8. The third-order valence-electron chi connectivity index (χ3n) is 4.20. The summed E-state index contributed by atoms with van der Waals surface area (Å²) in [5.41, 5.74) is 1.18. The van der Waals surface area contributed by atoms with Gasteiger partial charge in [0.2, 0.25) is 0 Å². The van der Waals surface area contributed by atoms with Gasteiger partial charge in [0.15, 0.2) is 0 Å². The van der Waals surface area contributed by atoms with Crippen LogP contribution in [0.25, 0.3) is 5.69 Å². The molecule has 1 N–H and O–H groups in total. The first-order chi connectivity index (χ1) is 11.1. The number of carboxylic acid groups (broad SMARTS) is 1. The molecule has 8 heteroatoms. The Kier molecular flexibility index (Phi) is 4.05. The van der Waals surface area contributed by atoms with E-state index in [1.807, 2.05) is 6.92 Å². The minimum Gasteiger partial charge on any atom is -0.481 e. The Hall–Kier alpha value is -2.77. The van der Waals surface area contributed by atoms with Crippen LogP contribution in [0.5, 0.6) is 0 Å². The fourth-order valence-corrected chi connectivity index (χ4v) is 2.82. The maximum absolute atomic E-state index is 12.8. The largest absolute Gasteiger partial charge is 0.481 e. The zero-order valence-corrected chi connectivity index (χ0v) is 12.7. The first kappa shape index (κ1) is 15.1. The molecule has 1 amide bonds. The molecule has 2 heterocycles. The van der Waals surface area contributed by atoms with Crippen LogP contribution < -0.4 is 0 Å². The summed E-state index contributed by atoms with van der Waals surface area (Å²) in [5, 5.41) is 20.2. The summed E-state index contributed by atoms with van der Waals surface area (Å²) in [6, 6.07) is 7.00. The molecule has 120 valence electrons. The molecule has 1 aromatic carbocycles. The highest BCUT2D eigenvalue weighted by atomic mass is 16.4. The van der Waals surface area contributed by atoms with Crippen molar-refractivity contribution in [1.82, 2.24) is 25.1 Å². The smallest absolute Gasteiger partial charge is 0.308 e. The Bertz CT molecular complexity index is 716. The number of carbonyl (C=O) groups is 2.